The number of unbranched alkanes of at least 4 members (excludes halogenated alkanes) is 1. The SMILES string of the molecule is CCC/C=N/NC(=NCCCOC)SCCOc1ccccc1. The summed E-state index contributed by atoms with van der Waals surface area (Å²) in [6.07, 6.45) is 4.84. The van der Waals surface area contributed by atoms with Gasteiger partial charge in [-0.05, 0) is 25.0 Å². The normalized spacial score (nSPS) is 11.8. The molecule has 1 aromatic carbocycles. The molecule has 5 nitrogen and oxygen atoms in total. The summed E-state index contributed by atoms with van der Waals surface area (Å²) in [6.45, 7) is 4.21. The molecule has 0 amide bonds. The number of nitrogens with one attached hydrogen (secondary N) is 1. The molecule has 0 aromatic heterocycles. The molecular weight excluding hydrogens is 310 g/mol. The number of thioether (sulfide) groups is 1. The van der Waals surface area contributed by atoms with Crippen LogP contribution in [0, 0.1) is 0 Å². The van der Waals surface area contributed by atoms with Gasteiger partial charge in [0.25, 0.3) is 0 Å². The molecule has 1 rings (SSSR count). The summed E-state index contributed by atoms with van der Waals surface area (Å²) in [7, 11) is 1.70. The summed E-state index contributed by atoms with van der Waals surface area (Å²) in [5.74, 6) is 1.70. The van der Waals surface area contributed by atoms with Gasteiger partial charge in [0, 0.05) is 32.2 Å². The Morgan fingerprint density at radius 2 is 2.09 bits per heavy atom. The van der Waals surface area contributed by atoms with Gasteiger partial charge in [-0.3, -0.25) is 10.4 Å². The van der Waals surface area contributed by atoms with Crippen molar-refractivity contribution in [3.05, 3.63) is 30.3 Å². The first-order chi connectivity index (χ1) is 11.4. The Morgan fingerprint density at radius 3 is 2.83 bits per heavy atom. The van der Waals surface area contributed by atoms with E-state index in [2.05, 4.69) is 22.4 Å². The zero-order chi connectivity index (χ0) is 16.6. The number of para-hydroxylation sites is 1. The lowest BCUT2D eigenvalue weighted by molar-refractivity contribution is 0.197. The highest BCUT2D eigenvalue weighted by Gasteiger charge is 2.00. The predicted molar refractivity (Wildman–Crippen MR) is 99.7 cm³/mol. The number of hydrazone groups is 1. The smallest absolute Gasteiger partial charge is 0.177 e. The first-order valence-electron chi connectivity index (χ1n) is 7.98. The van der Waals surface area contributed by atoms with Gasteiger partial charge in [0.05, 0.1) is 6.61 Å². The van der Waals surface area contributed by atoms with E-state index in [9.17, 15) is 0 Å². The number of benzene rings is 1. The van der Waals surface area contributed by atoms with E-state index in [1.165, 1.54) is 0 Å². The molecule has 0 radical (unpaired) electrons. The molecule has 1 aromatic rings. The van der Waals surface area contributed by atoms with Gasteiger partial charge >= 0.3 is 0 Å². The number of hydrogen-bond donors (Lipinski definition) is 1. The summed E-state index contributed by atoms with van der Waals surface area (Å²) < 4.78 is 10.7. The van der Waals surface area contributed by atoms with Gasteiger partial charge in [0.15, 0.2) is 5.17 Å². The fraction of sp³-hybridized carbons (Fsp3) is 0.529. The first kappa shape index (κ1) is 19.5. The minimum absolute atomic E-state index is 0.631. The average molecular weight is 337 g/mol. The molecule has 0 saturated carbocycles. The Hall–Kier alpha value is -1.53. The van der Waals surface area contributed by atoms with E-state index in [4.69, 9.17) is 9.47 Å². The molecule has 128 valence electrons. The molecule has 1 N–H and O–H groups in total. The van der Waals surface area contributed by atoms with Crippen LogP contribution in [0.1, 0.15) is 26.2 Å². The molecule has 6 heteroatoms. The molecule has 23 heavy (non-hydrogen) atoms. The molecule has 0 saturated heterocycles. The molecule has 0 aliphatic heterocycles. The lowest BCUT2D eigenvalue weighted by Gasteiger charge is -2.07. The summed E-state index contributed by atoms with van der Waals surface area (Å²) in [5, 5.41) is 5.02. The van der Waals surface area contributed by atoms with Gasteiger partial charge in [0.1, 0.15) is 5.75 Å². The van der Waals surface area contributed by atoms with Gasteiger partial charge in [-0.1, -0.05) is 43.3 Å². The fourth-order valence-corrected chi connectivity index (χ4v) is 2.27. The van der Waals surface area contributed by atoms with Crippen LogP contribution in [-0.2, 0) is 4.74 Å². The van der Waals surface area contributed by atoms with Crippen LogP contribution in [0.5, 0.6) is 5.75 Å². The van der Waals surface area contributed by atoms with Crippen molar-refractivity contribution < 1.29 is 9.47 Å². The highest BCUT2D eigenvalue weighted by molar-refractivity contribution is 8.13. The minimum atomic E-state index is 0.631. The molecule has 0 aliphatic rings. The van der Waals surface area contributed by atoms with Crippen LogP contribution in [0.15, 0.2) is 40.4 Å². The first-order valence-corrected chi connectivity index (χ1v) is 8.97. The van der Waals surface area contributed by atoms with Gasteiger partial charge in [0.2, 0.25) is 0 Å². The van der Waals surface area contributed by atoms with Crippen LogP contribution in [0.2, 0.25) is 0 Å². The topological polar surface area (TPSA) is 55.2 Å². The Kier molecular flexibility index (Phi) is 12.0. The van der Waals surface area contributed by atoms with Crippen molar-refractivity contribution >= 4 is 23.1 Å². The maximum Gasteiger partial charge on any atom is 0.177 e. The monoisotopic (exact) mass is 337 g/mol. The molecule has 0 spiro atoms. The van der Waals surface area contributed by atoms with E-state index >= 15 is 0 Å². The van der Waals surface area contributed by atoms with Gasteiger partial charge in [-0.2, -0.15) is 5.10 Å². The highest BCUT2D eigenvalue weighted by atomic mass is 32.2. The second kappa shape index (κ2) is 14.1. The lowest BCUT2D eigenvalue weighted by atomic mass is 10.3. The van der Waals surface area contributed by atoms with Crippen molar-refractivity contribution in [1.29, 1.82) is 0 Å². The number of amidine groups is 1. The maximum atomic E-state index is 5.68. The predicted octanol–water partition coefficient (Wildman–Crippen LogP) is 3.57. The minimum Gasteiger partial charge on any atom is -0.493 e. The van der Waals surface area contributed by atoms with E-state index in [0.29, 0.717) is 6.61 Å². The summed E-state index contributed by atoms with van der Waals surface area (Å²) >= 11 is 1.62. The quantitative estimate of drug-likeness (QED) is 0.290. The van der Waals surface area contributed by atoms with Crippen molar-refractivity contribution in [3.63, 3.8) is 0 Å². The van der Waals surface area contributed by atoms with Gasteiger partial charge in [-0.25, -0.2) is 0 Å². The third-order valence-corrected chi connectivity index (χ3v) is 3.63. The van der Waals surface area contributed by atoms with E-state index in [1.54, 1.807) is 18.9 Å². The van der Waals surface area contributed by atoms with E-state index in [-0.39, 0.29) is 0 Å². The zero-order valence-electron chi connectivity index (χ0n) is 14.0. The number of ether oxygens (including phenoxy) is 2. The van der Waals surface area contributed by atoms with E-state index in [1.807, 2.05) is 36.5 Å². The van der Waals surface area contributed by atoms with Crippen molar-refractivity contribution in [2.45, 2.75) is 26.2 Å². The Labute approximate surface area is 143 Å². The fourth-order valence-electron chi connectivity index (χ4n) is 1.61. The van der Waals surface area contributed by atoms with Gasteiger partial charge < -0.3 is 9.47 Å². The molecule has 0 atom stereocenters. The number of aliphatic imine (C=N–C) groups is 1. The average Bonchev–Trinajstić information content (AvgIpc) is 2.59. The van der Waals surface area contributed by atoms with Crippen molar-refractivity contribution in [1.82, 2.24) is 5.43 Å². The molecule has 0 unspecified atom stereocenters. The van der Waals surface area contributed by atoms with E-state index in [0.717, 1.165) is 49.1 Å². The lowest BCUT2D eigenvalue weighted by Crippen LogP contribution is -2.17. The van der Waals surface area contributed by atoms with Crippen LogP contribution in [0.25, 0.3) is 0 Å². The number of hydrogen-bond acceptors (Lipinski definition) is 5. The Balaban J connectivity index is 2.32. The van der Waals surface area contributed by atoms with E-state index < -0.39 is 0 Å². The summed E-state index contributed by atoms with van der Waals surface area (Å²) in [5.41, 5.74) is 3.02. The van der Waals surface area contributed by atoms with Crippen LogP contribution >= 0.6 is 11.8 Å². The summed E-state index contributed by atoms with van der Waals surface area (Å²) in [6, 6.07) is 9.82. The molecule has 0 fully saturated rings. The Morgan fingerprint density at radius 1 is 1.26 bits per heavy atom. The largest absolute Gasteiger partial charge is 0.493 e. The molecule has 0 heterocycles. The van der Waals surface area contributed by atoms with Crippen molar-refractivity contribution in [2.24, 2.45) is 10.1 Å². The second-order valence-corrected chi connectivity index (χ2v) is 5.84. The zero-order valence-corrected chi connectivity index (χ0v) is 14.8. The maximum absolute atomic E-state index is 5.68. The standard InChI is InChI=1S/C17H27N3O2S/c1-3-4-12-19-20-17(18-11-8-13-21-2)23-15-14-22-16-9-6-5-7-10-16/h5-7,9-10,12H,3-4,8,11,13-15H2,1-2H3,(H,18,20)/b19-12+. The number of nitrogens with zero attached hydrogens (tertiary/aromatic N) is 2. The third kappa shape index (κ3) is 10.8. The second-order valence-electron chi connectivity index (χ2n) is 4.76. The van der Waals surface area contributed by atoms with Gasteiger partial charge in [-0.15, -0.1) is 0 Å². The molecule has 0 bridgehead atoms. The Bertz CT molecular complexity index is 452. The molecular formula is C17H27N3O2S. The van der Waals surface area contributed by atoms with Crippen LogP contribution in [0.4, 0.5) is 0 Å². The number of methoxy groups -OCH3 is 1. The highest BCUT2D eigenvalue weighted by Crippen LogP contribution is 2.10. The van der Waals surface area contributed by atoms with Crippen molar-refractivity contribution in [3.8, 4) is 5.75 Å². The number of rotatable bonds is 11. The van der Waals surface area contributed by atoms with Crippen LogP contribution in [-0.4, -0.2) is 44.0 Å². The molecule has 0 aliphatic carbocycles. The summed E-state index contributed by atoms with van der Waals surface area (Å²) in [4.78, 5) is 4.52. The third-order valence-electron chi connectivity index (χ3n) is 2.77. The van der Waals surface area contributed by atoms with Crippen LogP contribution in [0.3, 0.4) is 0 Å². The van der Waals surface area contributed by atoms with Crippen molar-refractivity contribution in [2.75, 3.05) is 32.6 Å². The van der Waals surface area contributed by atoms with Crippen LogP contribution < -0.4 is 10.2 Å².